The summed E-state index contributed by atoms with van der Waals surface area (Å²) >= 11 is 12.4. The van der Waals surface area contributed by atoms with Gasteiger partial charge in [-0.3, -0.25) is 14.4 Å². The largest absolute Gasteiger partial charge is 0.350 e. The molecule has 0 bridgehead atoms. The molecule has 1 heterocycles. The molecule has 0 aromatic heterocycles. The molecule has 0 spiro atoms. The van der Waals surface area contributed by atoms with Crippen LogP contribution in [0.3, 0.4) is 0 Å². The number of carbonyl (C=O) groups is 3. The van der Waals surface area contributed by atoms with Crippen LogP contribution in [0.4, 0.5) is 17.1 Å². The van der Waals surface area contributed by atoms with E-state index in [4.69, 9.17) is 23.2 Å². The van der Waals surface area contributed by atoms with E-state index >= 15 is 0 Å². The van der Waals surface area contributed by atoms with E-state index in [9.17, 15) is 14.4 Å². The molecule has 3 amide bonds. The van der Waals surface area contributed by atoms with Crippen LogP contribution in [0.25, 0.3) is 0 Å². The number of nitrogens with one attached hydrogen (secondary N) is 2. The number of halogens is 2. The number of hydrogen-bond donors (Lipinski definition) is 2. The minimum Gasteiger partial charge on any atom is -0.350 e. The van der Waals surface area contributed by atoms with Crippen LogP contribution in [-0.2, 0) is 9.59 Å². The van der Waals surface area contributed by atoms with Crippen LogP contribution in [0.5, 0.6) is 0 Å². The summed E-state index contributed by atoms with van der Waals surface area (Å²) in [5.41, 5.74) is 4.76. The lowest BCUT2D eigenvalue weighted by Crippen LogP contribution is -2.32. The quantitative estimate of drug-likeness (QED) is 0.430. The van der Waals surface area contributed by atoms with E-state index in [-0.39, 0.29) is 16.6 Å². The van der Waals surface area contributed by atoms with E-state index in [1.165, 1.54) is 6.07 Å². The molecule has 2 N–H and O–H groups in total. The maximum absolute atomic E-state index is 13.0. The Balaban J connectivity index is 1.54. The zero-order chi connectivity index (χ0) is 24.6. The van der Waals surface area contributed by atoms with Crippen molar-refractivity contribution in [3.63, 3.8) is 0 Å². The summed E-state index contributed by atoms with van der Waals surface area (Å²) in [6, 6.07) is 17.1. The Kier molecular flexibility index (Phi) is 6.46. The molecule has 0 saturated heterocycles. The molecule has 4 rings (SSSR count). The van der Waals surface area contributed by atoms with Gasteiger partial charge in [-0.2, -0.15) is 0 Å². The normalized spacial score (nSPS) is 13.5. The van der Waals surface area contributed by atoms with E-state index in [0.29, 0.717) is 27.6 Å². The van der Waals surface area contributed by atoms with Gasteiger partial charge < -0.3 is 10.6 Å². The number of rotatable bonds is 5. The maximum atomic E-state index is 13.0. The average molecular weight is 494 g/mol. The lowest BCUT2D eigenvalue weighted by molar-refractivity contribution is -0.120. The Morgan fingerprint density at radius 2 is 1.53 bits per heavy atom. The molecule has 8 heteroatoms. The Labute approximate surface area is 207 Å². The highest BCUT2D eigenvalue weighted by Gasteiger charge is 2.39. The SMILES string of the molecule is Cc1ccc(NC(=O)c2cccc(NC3=C(Cl)C(=O)N(c4ccc(C)c(Cl)c4)C3=O)c2)cc1C. The number of hydrogen-bond acceptors (Lipinski definition) is 4. The van der Waals surface area contributed by atoms with Crippen molar-refractivity contribution >= 4 is 58.0 Å². The summed E-state index contributed by atoms with van der Waals surface area (Å²) in [5.74, 6) is -1.57. The van der Waals surface area contributed by atoms with Gasteiger partial charge in [-0.15, -0.1) is 0 Å². The van der Waals surface area contributed by atoms with Gasteiger partial charge in [-0.1, -0.05) is 41.4 Å². The van der Waals surface area contributed by atoms with E-state index in [1.54, 1.807) is 36.4 Å². The molecule has 0 unspecified atom stereocenters. The van der Waals surface area contributed by atoms with Crippen LogP contribution in [0, 0.1) is 20.8 Å². The number of anilines is 3. The van der Waals surface area contributed by atoms with Gasteiger partial charge in [0.2, 0.25) is 0 Å². The van der Waals surface area contributed by atoms with Crippen molar-refractivity contribution in [2.45, 2.75) is 20.8 Å². The summed E-state index contributed by atoms with van der Waals surface area (Å²) < 4.78 is 0. The molecule has 0 radical (unpaired) electrons. The van der Waals surface area contributed by atoms with Gasteiger partial charge in [0.25, 0.3) is 17.7 Å². The first-order chi connectivity index (χ1) is 16.2. The van der Waals surface area contributed by atoms with E-state index in [2.05, 4.69) is 10.6 Å². The summed E-state index contributed by atoms with van der Waals surface area (Å²) in [7, 11) is 0. The number of aryl methyl sites for hydroxylation is 3. The first kappa shape index (κ1) is 23.5. The van der Waals surface area contributed by atoms with E-state index in [0.717, 1.165) is 21.6 Å². The minimum absolute atomic E-state index is 0.0740. The van der Waals surface area contributed by atoms with Crippen molar-refractivity contribution < 1.29 is 14.4 Å². The van der Waals surface area contributed by atoms with Crippen molar-refractivity contribution in [2.75, 3.05) is 15.5 Å². The molecule has 1 aliphatic heterocycles. The number of imide groups is 1. The zero-order valence-electron chi connectivity index (χ0n) is 18.7. The van der Waals surface area contributed by atoms with Gasteiger partial charge in [0.05, 0.1) is 5.69 Å². The second-order valence-electron chi connectivity index (χ2n) is 8.03. The molecule has 0 fully saturated rings. The average Bonchev–Trinajstić information content (AvgIpc) is 3.01. The smallest absolute Gasteiger partial charge is 0.283 e. The Bertz CT molecular complexity index is 1380. The van der Waals surface area contributed by atoms with Gasteiger partial charge >= 0.3 is 0 Å². The first-order valence-electron chi connectivity index (χ1n) is 10.5. The van der Waals surface area contributed by atoms with Gasteiger partial charge in [0, 0.05) is 22.0 Å². The third kappa shape index (κ3) is 4.55. The molecule has 3 aromatic carbocycles. The second-order valence-corrected chi connectivity index (χ2v) is 8.81. The van der Waals surface area contributed by atoms with Crippen molar-refractivity contribution in [1.29, 1.82) is 0 Å². The monoisotopic (exact) mass is 493 g/mol. The van der Waals surface area contributed by atoms with Crippen LogP contribution in [0.15, 0.2) is 71.4 Å². The number of benzene rings is 3. The second kappa shape index (κ2) is 9.33. The third-order valence-corrected chi connectivity index (χ3v) is 6.36. The molecule has 172 valence electrons. The lowest BCUT2D eigenvalue weighted by atomic mass is 10.1. The molecular formula is C26H21Cl2N3O3. The van der Waals surface area contributed by atoms with Crippen molar-refractivity contribution in [1.82, 2.24) is 0 Å². The van der Waals surface area contributed by atoms with Crippen LogP contribution in [0.1, 0.15) is 27.0 Å². The highest BCUT2D eigenvalue weighted by molar-refractivity contribution is 6.53. The summed E-state index contributed by atoms with van der Waals surface area (Å²) in [6.45, 7) is 5.79. The van der Waals surface area contributed by atoms with Crippen molar-refractivity contribution in [3.05, 3.63) is 98.7 Å². The number of nitrogens with zero attached hydrogens (tertiary/aromatic N) is 1. The van der Waals surface area contributed by atoms with Crippen LogP contribution in [-0.4, -0.2) is 17.7 Å². The van der Waals surface area contributed by atoms with Gasteiger partial charge in [-0.25, -0.2) is 4.90 Å². The number of carbonyl (C=O) groups excluding carboxylic acids is 3. The lowest BCUT2D eigenvalue weighted by Gasteiger charge is -2.16. The molecule has 0 atom stereocenters. The Morgan fingerprint density at radius 3 is 2.24 bits per heavy atom. The standard InChI is InChI=1S/C26H21Cl2N3O3/c1-14-7-9-19(11-16(14)3)30-24(32)17-5-4-6-18(12-17)29-23-22(28)25(33)31(26(23)34)20-10-8-15(2)21(27)13-20/h4-13,29H,1-3H3,(H,30,32). The molecule has 34 heavy (non-hydrogen) atoms. The predicted octanol–water partition coefficient (Wildman–Crippen LogP) is 5.95. The fraction of sp³-hybridized carbons (Fsp3) is 0.115. The fourth-order valence-electron chi connectivity index (χ4n) is 3.47. The van der Waals surface area contributed by atoms with Crippen LogP contribution in [0.2, 0.25) is 5.02 Å². The molecule has 6 nitrogen and oxygen atoms in total. The molecule has 3 aromatic rings. The zero-order valence-corrected chi connectivity index (χ0v) is 20.2. The van der Waals surface area contributed by atoms with Crippen LogP contribution >= 0.6 is 23.2 Å². The van der Waals surface area contributed by atoms with Gasteiger partial charge in [0.1, 0.15) is 10.7 Å². The predicted molar refractivity (Wildman–Crippen MR) is 135 cm³/mol. The summed E-state index contributed by atoms with van der Waals surface area (Å²) in [4.78, 5) is 39.5. The topological polar surface area (TPSA) is 78.5 Å². The Hall–Kier alpha value is -3.61. The number of amides is 3. The Morgan fingerprint density at radius 1 is 0.794 bits per heavy atom. The molecule has 1 aliphatic rings. The van der Waals surface area contributed by atoms with Gasteiger partial charge in [-0.05, 0) is 79.9 Å². The van der Waals surface area contributed by atoms with E-state index < -0.39 is 11.8 Å². The minimum atomic E-state index is -0.655. The molecule has 0 saturated carbocycles. The van der Waals surface area contributed by atoms with Crippen molar-refractivity contribution in [2.24, 2.45) is 0 Å². The van der Waals surface area contributed by atoms with Gasteiger partial charge in [0.15, 0.2) is 0 Å². The molecule has 0 aliphatic carbocycles. The third-order valence-electron chi connectivity index (χ3n) is 5.60. The highest BCUT2D eigenvalue weighted by atomic mass is 35.5. The summed E-state index contributed by atoms with van der Waals surface area (Å²) in [5, 5.41) is 5.94. The van der Waals surface area contributed by atoms with E-state index in [1.807, 2.05) is 39.0 Å². The highest BCUT2D eigenvalue weighted by Crippen LogP contribution is 2.32. The van der Waals surface area contributed by atoms with Crippen LogP contribution < -0.4 is 15.5 Å². The maximum Gasteiger partial charge on any atom is 0.283 e. The molecular weight excluding hydrogens is 473 g/mol. The first-order valence-corrected chi connectivity index (χ1v) is 11.2. The van der Waals surface area contributed by atoms with Crippen molar-refractivity contribution in [3.8, 4) is 0 Å². The fourth-order valence-corrected chi connectivity index (χ4v) is 3.86. The summed E-state index contributed by atoms with van der Waals surface area (Å²) in [6.07, 6.45) is 0.